The van der Waals surface area contributed by atoms with Gasteiger partial charge in [0.2, 0.25) is 0 Å². The molecule has 0 fully saturated rings. The first-order valence-electron chi connectivity index (χ1n) is 9.23. The van der Waals surface area contributed by atoms with Gasteiger partial charge in [0.1, 0.15) is 11.0 Å². The smallest absolute Gasteiger partial charge is 0.323 e. The van der Waals surface area contributed by atoms with Gasteiger partial charge in [0, 0.05) is 30.7 Å². The number of hydrogen-bond acceptors (Lipinski definition) is 6. The first-order chi connectivity index (χ1) is 14.4. The van der Waals surface area contributed by atoms with E-state index in [0.29, 0.717) is 28.2 Å². The number of likely N-dealkylation sites (N-methyl/N-ethyl adjacent to an activating group) is 2. The van der Waals surface area contributed by atoms with Gasteiger partial charge in [-0.1, -0.05) is 41.1 Å². The maximum absolute atomic E-state index is 12.4. The zero-order valence-electron chi connectivity index (χ0n) is 16.8. The molecule has 0 aliphatic rings. The molecule has 0 atom stereocenters. The average Bonchev–Trinajstić information content (AvgIpc) is 3.42. The summed E-state index contributed by atoms with van der Waals surface area (Å²) in [5.74, 6) is 0.649. The molecule has 1 aromatic carbocycles. The van der Waals surface area contributed by atoms with Crippen LogP contribution in [0.4, 0.5) is 9.93 Å². The SMILES string of the molecule is CN(C)CCN(C)C(=O)Nc1nc2[nH]nc(-n3cncc3-c3ccccc3Cl)c2s1. The number of amides is 2. The van der Waals surface area contributed by atoms with Crippen LogP contribution in [0.25, 0.3) is 27.4 Å². The number of anilines is 1. The standard InChI is InChI=1S/C19H21ClN8OS/c1-26(2)8-9-27(3)19(29)23-18-22-16-15(30-18)17(25-24-16)28-11-21-10-14(28)12-6-4-5-7-13(12)20/h4-7,10-11H,8-9H2,1-3H3,(H2,22,23,24,25,29). The first-order valence-corrected chi connectivity index (χ1v) is 10.4. The first kappa shape index (κ1) is 20.3. The quantitative estimate of drug-likeness (QED) is 0.474. The van der Waals surface area contributed by atoms with E-state index in [2.05, 4.69) is 25.5 Å². The van der Waals surface area contributed by atoms with E-state index in [1.54, 1.807) is 24.5 Å². The zero-order chi connectivity index (χ0) is 21.3. The van der Waals surface area contributed by atoms with E-state index in [1.807, 2.05) is 47.8 Å². The number of benzene rings is 1. The molecule has 156 valence electrons. The molecule has 0 saturated carbocycles. The predicted octanol–water partition coefficient (Wildman–Crippen LogP) is 3.55. The number of H-pyrrole nitrogens is 1. The summed E-state index contributed by atoms with van der Waals surface area (Å²) in [6, 6.07) is 7.36. The molecule has 0 bridgehead atoms. The summed E-state index contributed by atoms with van der Waals surface area (Å²) in [4.78, 5) is 24.8. The topological polar surface area (TPSA) is 95.0 Å². The second-order valence-electron chi connectivity index (χ2n) is 7.03. The summed E-state index contributed by atoms with van der Waals surface area (Å²) in [5, 5.41) is 11.3. The molecular formula is C19H21ClN8OS. The van der Waals surface area contributed by atoms with Gasteiger partial charge >= 0.3 is 6.03 Å². The van der Waals surface area contributed by atoms with Crippen molar-refractivity contribution in [3.8, 4) is 17.1 Å². The van der Waals surface area contributed by atoms with Gasteiger partial charge in [-0.3, -0.25) is 15.0 Å². The number of aromatic nitrogens is 5. The number of aromatic amines is 1. The number of thiazole rings is 1. The van der Waals surface area contributed by atoms with Crippen molar-refractivity contribution in [2.45, 2.75) is 0 Å². The molecular weight excluding hydrogens is 424 g/mol. The van der Waals surface area contributed by atoms with Gasteiger partial charge < -0.3 is 9.80 Å². The van der Waals surface area contributed by atoms with Gasteiger partial charge in [-0.2, -0.15) is 5.10 Å². The molecule has 11 heteroatoms. The van der Waals surface area contributed by atoms with Crippen LogP contribution in [0, 0.1) is 0 Å². The number of nitrogens with zero attached hydrogens (tertiary/aromatic N) is 6. The van der Waals surface area contributed by atoms with Crippen LogP contribution < -0.4 is 5.32 Å². The molecule has 3 heterocycles. The molecule has 0 saturated heterocycles. The monoisotopic (exact) mass is 444 g/mol. The van der Waals surface area contributed by atoms with Gasteiger partial charge in [-0.05, 0) is 20.2 Å². The Kier molecular flexibility index (Phi) is 5.71. The molecule has 0 unspecified atom stereocenters. The Hall–Kier alpha value is -2.95. The lowest BCUT2D eigenvalue weighted by Gasteiger charge is -2.19. The van der Waals surface area contributed by atoms with E-state index in [4.69, 9.17) is 11.6 Å². The molecule has 9 nitrogen and oxygen atoms in total. The summed E-state index contributed by atoms with van der Waals surface area (Å²) in [7, 11) is 5.69. The van der Waals surface area contributed by atoms with Crippen LogP contribution >= 0.6 is 22.9 Å². The van der Waals surface area contributed by atoms with Gasteiger partial charge in [0.05, 0.1) is 11.9 Å². The fourth-order valence-electron chi connectivity index (χ4n) is 2.89. The minimum atomic E-state index is -0.206. The molecule has 0 radical (unpaired) electrons. The fourth-order valence-corrected chi connectivity index (χ4v) is 4.02. The molecule has 3 aromatic heterocycles. The number of halogens is 1. The second kappa shape index (κ2) is 8.42. The normalized spacial score (nSPS) is 11.4. The number of urea groups is 1. The van der Waals surface area contributed by atoms with Crippen molar-refractivity contribution in [2.75, 3.05) is 39.5 Å². The van der Waals surface area contributed by atoms with E-state index < -0.39 is 0 Å². The van der Waals surface area contributed by atoms with E-state index in [1.165, 1.54) is 11.3 Å². The Bertz CT molecular complexity index is 1180. The zero-order valence-corrected chi connectivity index (χ0v) is 18.3. The van der Waals surface area contributed by atoms with E-state index >= 15 is 0 Å². The molecule has 0 aliphatic heterocycles. The highest BCUT2D eigenvalue weighted by Gasteiger charge is 2.19. The molecule has 2 amide bonds. The number of carbonyl (C=O) groups is 1. The van der Waals surface area contributed by atoms with Gasteiger partial charge in [-0.25, -0.2) is 14.8 Å². The summed E-state index contributed by atoms with van der Waals surface area (Å²) in [5.41, 5.74) is 2.27. The summed E-state index contributed by atoms with van der Waals surface area (Å²) < 4.78 is 2.67. The lowest BCUT2D eigenvalue weighted by Crippen LogP contribution is -2.36. The maximum Gasteiger partial charge on any atom is 0.323 e. The van der Waals surface area contributed by atoms with E-state index in [0.717, 1.165) is 22.5 Å². The Balaban J connectivity index is 1.60. The minimum Gasteiger partial charge on any atom is -0.326 e. The van der Waals surface area contributed by atoms with Crippen LogP contribution in [-0.2, 0) is 0 Å². The Labute approximate surface area is 182 Å². The molecule has 0 aliphatic carbocycles. The minimum absolute atomic E-state index is 0.206. The third-order valence-electron chi connectivity index (χ3n) is 4.56. The number of fused-ring (bicyclic) bond motifs is 1. The highest BCUT2D eigenvalue weighted by atomic mass is 35.5. The van der Waals surface area contributed by atoms with Crippen molar-refractivity contribution in [3.63, 3.8) is 0 Å². The predicted molar refractivity (Wildman–Crippen MR) is 120 cm³/mol. The Morgan fingerprint density at radius 1 is 1.27 bits per heavy atom. The van der Waals surface area contributed by atoms with Crippen molar-refractivity contribution in [1.29, 1.82) is 0 Å². The number of imidazole rings is 1. The van der Waals surface area contributed by atoms with Crippen molar-refractivity contribution < 1.29 is 4.79 Å². The van der Waals surface area contributed by atoms with Crippen molar-refractivity contribution >= 4 is 44.4 Å². The number of nitrogens with one attached hydrogen (secondary N) is 2. The fraction of sp³-hybridized carbons (Fsp3) is 0.263. The summed E-state index contributed by atoms with van der Waals surface area (Å²) in [6.07, 6.45) is 3.42. The highest BCUT2D eigenvalue weighted by Crippen LogP contribution is 2.34. The van der Waals surface area contributed by atoms with Crippen LogP contribution in [0.5, 0.6) is 0 Å². The van der Waals surface area contributed by atoms with Crippen molar-refractivity contribution in [1.82, 2.24) is 34.5 Å². The van der Waals surface area contributed by atoms with Crippen LogP contribution in [0.2, 0.25) is 5.02 Å². The summed E-state index contributed by atoms with van der Waals surface area (Å²) >= 11 is 7.72. The van der Waals surface area contributed by atoms with Crippen LogP contribution in [0.1, 0.15) is 0 Å². The largest absolute Gasteiger partial charge is 0.326 e. The maximum atomic E-state index is 12.4. The Morgan fingerprint density at radius 2 is 2.07 bits per heavy atom. The number of rotatable bonds is 6. The van der Waals surface area contributed by atoms with Crippen LogP contribution in [0.3, 0.4) is 0 Å². The van der Waals surface area contributed by atoms with E-state index in [9.17, 15) is 4.79 Å². The summed E-state index contributed by atoms with van der Waals surface area (Å²) in [6.45, 7) is 1.40. The van der Waals surface area contributed by atoms with Crippen molar-refractivity contribution in [2.24, 2.45) is 0 Å². The van der Waals surface area contributed by atoms with Crippen molar-refractivity contribution in [3.05, 3.63) is 41.8 Å². The van der Waals surface area contributed by atoms with Gasteiger partial charge in [0.15, 0.2) is 16.6 Å². The molecule has 0 spiro atoms. The van der Waals surface area contributed by atoms with Crippen LogP contribution in [0.15, 0.2) is 36.8 Å². The number of carbonyl (C=O) groups excluding carboxylic acids is 1. The number of hydrogen-bond donors (Lipinski definition) is 2. The lowest BCUT2D eigenvalue weighted by atomic mass is 10.1. The average molecular weight is 445 g/mol. The Morgan fingerprint density at radius 3 is 2.83 bits per heavy atom. The van der Waals surface area contributed by atoms with Gasteiger partial charge in [-0.15, -0.1) is 0 Å². The third-order valence-corrected chi connectivity index (χ3v) is 5.85. The molecule has 4 aromatic rings. The molecule has 4 rings (SSSR count). The highest BCUT2D eigenvalue weighted by molar-refractivity contribution is 7.22. The second-order valence-corrected chi connectivity index (χ2v) is 8.43. The van der Waals surface area contributed by atoms with Gasteiger partial charge in [0.25, 0.3) is 0 Å². The van der Waals surface area contributed by atoms with Crippen LogP contribution in [-0.4, -0.2) is 74.8 Å². The molecule has 2 N–H and O–H groups in total. The third kappa shape index (κ3) is 4.02. The molecule has 30 heavy (non-hydrogen) atoms. The lowest BCUT2D eigenvalue weighted by molar-refractivity contribution is 0.217. The van der Waals surface area contributed by atoms with E-state index in [-0.39, 0.29) is 6.03 Å².